The molecule has 0 radical (unpaired) electrons. The second kappa shape index (κ2) is 8.08. The molecule has 0 heterocycles. The standard InChI is InChI=1S/C10H20N2O3/c1-9(13)12(2)8-6-4-3-5-7-11-10(14)15/h11H,3-8H2,1-2H3,(H,14,15). The van der Waals surface area contributed by atoms with Crippen molar-refractivity contribution in [1.82, 2.24) is 10.2 Å². The summed E-state index contributed by atoms with van der Waals surface area (Å²) in [6.45, 7) is 2.84. The number of hydrogen-bond acceptors (Lipinski definition) is 2. The highest BCUT2D eigenvalue weighted by Crippen LogP contribution is 2.00. The third-order valence-electron chi connectivity index (χ3n) is 2.23. The van der Waals surface area contributed by atoms with Gasteiger partial charge in [-0.1, -0.05) is 12.8 Å². The number of nitrogens with one attached hydrogen (secondary N) is 1. The van der Waals surface area contributed by atoms with E-state index in [4.69, 9.17) is 5.11 Å². The molecule has 0 aromatic carbocycles. The van der Waals surface area contributed by atoms with Crippen molar-refractivity contribution in [2.24, 2.45) is 0 Å². The summed E-state index contributed by atoms with van der Waals surface area (Å²) in [5, 5.41) is 10.6. The van der Waals surface area contributed by atoms with Gasteiger partial charge in [0.05, 0.1) is 0 Å². The molecule has 0 aromatic rings. The maximum absolute atomic E-state index is 10.8. The Morgan fingerprint density at radius 3 is 2.33 bits per heavy atom. The highest BCUT2D eigenvalue weighted by Gasteiger charge is 2.00. The lowest BCUT2D eigenvalue weighted by molar-refractivity contribution is -0.127. The van der Waals surface area contributed by atoms with E-state index in [9.17, 15) is 9.59 Å². The first-order valence-corrected chi connectivity index (χ1v) is 5.22. The summed E-state index contributed by atoms with van der Waals surface area (Å²) < 4.78 is 0. The van der Waals surface area contributed by atoms with Gasteiger partial charge in [0.2, 0.25) is 5.91 Å². The molecule has 0 aliphatic rings. The predicted octanol–water partition coefficient (Wildman–Crippen LogP) is 1.29. The summed E-state index contributed by atoms with van der Waals surface area (Å²) in [5.74, 6) is 0.0857. The van der Waals surface area contributed by atoms with Gasteiger partial charge in [-0.05, 0) is 12.8 Å². The van der Waals surface area contributed by atoms with E-state index in [2.05, 4.69) is 5.32 Å². The van der Waals surface area contributed by atoms with Gasteiger partial charge in [-0.3, -0.25) is 4.79 Å². The molecule has 0 saturated heterocycles. The highest BCUT2D eigenvalue weighted by atomic mass is 16.4. The van der Waals surface area contributed by atoms with Crippen LogP contribution in [0.4, 0.5) is 4.79 Å². The monoisotopic (exact) mass is 216 g/mol. The van der Waals surface area contributed by atoms with Crippen molar-refractivity contribution in [3.8, 4) is 0 Å². The van der Waals surface area contributed by atoms with Crippen LogP contribution in [0.5, 0.6) is 0 Å². The Kier molecular flexibility index (Phi) is 7.40. The number of nitrogens with zero attached hydrogens (tertiary/aromatic N) is 1. The molecule has 0 spiro atoms. The third-order valence-corrected chi connectivity index (χ3v) is 2.23. The Balaban J connectivity index is 3.18. The van der Waals surface area contributed by atoms with Crippen LogP contribution in [0, 0.1) is 0 Å². The molecule has 88 valence electrons. The van der Waals surface area contributed by atoms with Crippen LogP contribution in [0.1, 0.15) is 32.6 Å². The first-order chi connectivity index (χ1) is 7.04. The van der Waals surface area contributed by atoms with Crippen LogP contribution in [0.3, 0.4) is 0 Å². The molecule has 0 aliphatic carbocycles. The van der Waals surface area contributed by atoms with Gasteiger partial charge in [-0.2, -0.15) is 0 Å². The van der Waals surface area contributed by atoms with Gasteiger partial charge in [-0.15, -0.1) is 0 Å². The Morgan fingerprint density at radius 1 is 1.20 bits per heavy atom. The lowest BCUT2D eigenvalue weighted by atomic mass is 10.2. The van der Waals surface area contributed by atoms with Crippen molar-refractivity contribution in [3.63, 3.8) is 0 Å². The highest BCUT2D eigenvalue weighted by molar-refractivity contribution is 5.72. The second-order valence-corrected chi connectivity index (χ2v) is 3.59. The van der Waals surface area contributed by atoms with Crippen molar-refractivity contribution in [2.75, 3.05) is 20.1 Å². The predicted molar refractivity (Wildman–Crippen MR) is 57.8 cm³/mol. The van der Waals surface area contributed by atoms with E-state index in [-0.39, 0.29) is 5.91 Å². The van der Waals surface area contributed by atoms with E-state index in [0.717, 1.165) is 32.2 Å². The summed E-state index contributed by atoms with van der Waals surface area (Å²) >= 11 is 0. The van der Waals surface area contributed by atoms with Crippen LogP contribution in [0.15, 0.2) is 0 Å². The Morgan fingerprint density at radius 2 is 1.80 bits per heavy atom. The normalized spacial score (nSPS) is 9.73. The maximum Gasteiger partial charge on any atom is 0.404 e. The fraction of sp³-hybridized carbons (Fsp3) is 0.800. The third kappa shape index (κ3) is 9.05. The summed E-state index contributed by atoms with van der Waals surface area (Å²) in [6.07, 6.45) is 2.88. The number of rotatable bonds is 7. The number of unbranched alkanes of at least 4 members (excludes halogenated alkanes) is 3. The van der Waals surface area contributed by atoms with Crippen molar-refractivity contribution in [3.05, 3.63) is 0 Å². The zero-order valence-corrected chi connectivity index (χ0v) is 9.45. The van der Waals surface area contributed by atoms with Gasteiger partial charge in [0, 0.05) is 27.1 Å². The van der Waals surface area contributed by atoms with Gasteiger partial charge < -0.3 is 15.3 Å². The molecule has 0 saturated carbocycles. The second-order valence-electron chi connectivity index (χ2n) is 3.59. The number of carbonyl (C=O) groups excluding carboxylic acids is 1. The van der Waals surface area contributed by atoms with Gasteiger partial charge in [0.15, 0.2) is 0 Å². The molecule has 5 heteroatoms. The van der Waals surface area contributed by atoms with Crippen molar-refractivity contribution >= 4 is 12.0 Å². The van der Waals surface area contributed by atoms with Crippen LogP contribution in [-0.4, -0.2) is 42.1 Å². The molecule has 0 atom stereocenters. The van der Waals surface area contributed by atoms with Crippen LogP contribution < -0.4 is 5.32 Å². The van der Waals surface area contributed by atoms with Crippen LogP contribution >= 0.6 is 0 Å². The number of carbonyl (C=O) groups is 2. The molecule has 15 heavy (non-hydrogen) atoms. The average molecular weight is 216 g/mol. The fourth-order valence-electron chi connectivity index (χ4n) is 1.18. The van der Waals surface area contributed by atoms with E-state index in [1.54, 1.807) is 18.9 Å². The topological polar surface area (TPSA) is 69.6 Å². The zero-order chi connectivity index (χ0) is 11.7. The molecular formula is C10H20N2O3. The molecule has 0 rings (SSSR count). The summed E-state index contributed by atoms with van der Waals surface area (Å²) in [4.78, 5) is 22.6. The van der Waals surface area contributed by atoms with Crippen molar-refractivity contribution in [2.45, 2.75) is 32.6 Å². The van der Waals surface area contributed by atoms with Gasteiger partial charge in [0.25, 0.3) is 0 Å². The Labute approximate surface area is 90.5 Å². The lowest BCUT2D eigenvalue weighted by Crippen LogP contribution is -2.24. The smallest absolute Gasteiger partial charge is 0.404 e. The Bertz CT molecular complexity index is 207. The average Bonchev–Trinajstić information content (AvgIpc) is 2.15. The minimum atomic E-state index is -0.966. The van der Waals surface area contributed by atoms with Crippen LogP contribution in [-0.2, 0) is 4.79 Å². The molecule has 0 unspecified atom stereocenters. The first kappa shape index (κ1) is 13.7. The van der Waals surface area contributed by atoms with Crippen LogP contribution in [0.2, 0.25) is 0 Å². The number of amides is 2. The largest absolute Gasteiger partial charge is 0.465 e. The zero-order valence-electron chi connectivity index (χ0n) is 9.45. The van der Waals surface area contributed by atoms with Crippen LogP contribution in [0.25, 0.3) is 0 Å². The molecule has 2 amide bonds. The minimum absolute atomic E-state index is 0.0857. The molecule has 0 aliphatic heterocycles. The summed E-state index contributed by atoms with van der Waals surface area (Å²) in [6, 6.07) is 0. The van der Waals surface area contributed by atoms with Crippen molar-refractivity contribution < 1.29 is 14.7 Å². The summed E-state index contributed by atoms with van der Waals surface area (Å²) in [5.41, 5.74) is 0. The minimum Gasteiger partial charge on any atom is -0.465 e. The number of carboxylic acid groups (broad SMARTS) is 1. The van der Waals surface area contributed by atoms with Gasteiger partial charge in [-0.25, -0.2) is 4.79 Å². The molecule has 0 fully saturated rings. The van der Waals surface area contributed by atoms with E-state index < -0.39 is 6.09 Å². The van der Waals surface area contributed by atoms with E-state index in [0.29, 0.717) is 6.54 Å². The maximum atomic E-state index is 10.8. The molecule has 2 N–H and O–H groups in total. The Hall–Kier alpha value is -1.26. The number of hydrogen-bond donors (Lipinski definition) is 2. The van der Waals surface area contributed by atoms with E-state index in [1.807, 2.05) is 0 Å². The lowest BCUT2D eigenvalue weighted by Gasteiger charge is -2.13. The molecule has 5 nitrogen and oxygen atoms in total. The van der Waals surface area contributed by atoms with Gasteiger partial charge in [0.1, 0.15) is 0 Å². The fourth-order valence-corrected chi connectivity index (χ4v) is 1.18. The first-order valence-electron chi connectivity index (χ1n) is 5.22. The molecule has 0 bridgehead atoms. The van der Waals surface area contributed by atoms with E-state index in [1.165, 1.54) is 0 Å². The molecule has 0 aromatic heterocycles. The molecular weight excluding hydrogens is 196 g/mol. The SMILES string of the molecule is CC(=O)N(C)CCCCCCNC(=O)O. The van der Waals surface area contributed by atoms with Gasteiger partial charge >= 0.3 is 6.09 Å². The quantitative estimate of drug-likeness (QED) is 0.630. The van der Waals surface area contributed by atoms with Crippen molar-refractivity contribution in [1.29, 1.82) is 0 Å². The summed E-state index contributed by atoms with van der Waals surface area (Å²) in [7, 11) is 1.79. The van der Waals surface area contributed by atoms with E-state index >= 15 is 0 Å².